The number of aliphatic hydroxyl groups is 1. The van der Waals surface area contributed by atoms with Gasteiger partial charge in [0.05, 0.1) is 19.1 Å². The van der Waals surface area contributed by atoms with Gasteiger partial charge in [0.25, 0.3) is 0 Å². The molecule has 0 saturated carbocycles. The molecule has 0 aromatic heterocycles. The zero-order valence-corrected chi connectivity index (χ0v) is 10.6. The Balaban J connectivity index is 1.97. The highest BCUT2D eigenvalue weighted by molar-refractivity contribution is 5.73. The minimum Gasteiger partial charge on any atom is -0.469 e. The highest BCUT2D eigenvalue weighted by Crippen LogP contribution is 2.20. The summed E-state index contributed by atoms with van der Waals surface area (Å²) in [5.41, 5.74) is 1.22. The van der Waals surface area contributed by atoms with Crippen molar-refractivity contribution in [3.8, 4) is 0 Å². The molecule has 1 aliphatic heterocycles. The van der Waals surface area contributed by atoms with Gasteiger partial charge in [-0.3, -0.25) is 9.69 Å². The van der Waals surface area contributed by atoms with Gasteiger partial charge in [0.2, 0.25) is 0 Å². The average Bonchev–Trinajstić information content (AvgIpc) is 2.41. The van der Waals surface area contributed by atoms with Crippen LogP contribution in [0.2, 0.25) is 0 Å². The minimum absolute atomic E-state index is 0.319. The van der Waals surface area contributed by atoms with Crippen LogP contribution in [0.3, 0.4) is 0 Å². The topological polar surface area (TPSA) is 49.8 Å². The molecule has 0 unspecified atom stereocenters. The van der Waals surface area contributed by atoms with E-state index in [0.717, 1.165) is 13.1 Å². The maximum absolute atomic E-state index is 11.6. The van der Waals surface area contributed by atoms with Crippen LogP contribution in [0.1, 0.15) is 12.0 Å². The summed E-state index contributed by atoms with van der Waals surface area (Å²) in [5.74, 6) is -0.743. The van der Waals surface area contributed by atoms with Crippen LogP contribution in [0.4, 0.5) is 0 Å². The van der Waals surface area contributed by atoms with Gasteiger partial charge < -0.3 is 9.84 Å². The van der Waals surface area contributed by atoms with Crippen LogP contribution in [0.15, 0.2) is 30.3 Å². The fraction of sp³-hybridized carbons (Fsp3) is 0.500. The van der Waals surface area contributed by atoms with Crippen LogP contribution in [-0.4, -0.2) is 42.3 Å². The van der Waals surface area contributed by atoms with E-state index < -0.39 is 12.0 Å². The van der Waals surface area contributed by atoms with Crippen molar-refractivity contribution in [1.82, 2.24) is 4.90 Å². The zero-order valence-electron chi connectivity index (χ0n) is 10.6. The number of benzene rings is 1. The molecule has 1 heterocycles. The normalized spacial score (nSPS) is 24.8. The number of aliphatic hydroxyl groups excluding tert-OH is 1. The highest BCUT2D eigenvalue weighted by Gasteiger charge is 2.33. The molecule has 1 aliphatic rings. The molecule has 4 nitrogen and oxygen atoms in total. The third kappa shape index (κ3) is 3.09. The van der Waals surface area contributed by atoms with Crippen LogP contribution in [0.5, 0.6) is 0 Å². The third-order valence-electron chi connectivity index (χ3n) is 3.41. The Morgan fingerprint density at radius 2 is 2.17 bits per heavy atom. The van der Waals surface area contributed by atoms with Crippen molar-refractivity contribution < 1.29 is 14.6 Å². The molecule has 2 atom stereocenters. The molecular formula is C14H19NO3. The number of methoxy groups -OCH3 is 1. The molecule has 0 spiro atoms. The van der Waals surface area contributed by atoms with Crippen LogP contribution >= 0.6 is 0 Å². The van der Waals surface area contributed by atoms with Crippen molar-refractivity contribution in [2.45, 2.75) is 19.1 Å². The molecular weight excluding hydrogens is 230 g/mol. The van der Waals surface area contributed by atoms with E-state index in [1.54, 1.807) is 0 Å². The molecule has 0 amide bonds. The van der Waals surface area contributed by atoms with Crippen molar-refractivity contribution in [3.05, 3.63) is 35.9 Å². The van der Waals surface area contributed by atoms with Crippen LogP contribution in [-0.2, 0) is 16.1 Å². The minimum atomic E-state index is -0.579. The van der Waals surface area contributed by atoms with E-state index in [-0.39, 0.29) is 5.97 Å². The Hall–Kier alpha value is -1.39. The van der Waals surface area contributed by atoms with Crippen molar-refractivity contribution in [2.24, 2.45) is 5.92 Å². The molecule has 4 heteroatoms. The van der Waals surface area contributed by atoms with Gasteiger partial charge in [0, 0.05) is 19.6 Å². The summed E-state index contributed by atoms with van der Waals surface area (Å²) < 4.78 is 4.73. The lowest BCUT2D eigenvalue weighted by Crippen LogP contribution is -2.46. The smallest absolute Gasteiger partial charge is 0.312 e. The number of carbonyl (C=O) groups excluding carboxylic acids is 1. The van der Waals surface area contributed by atoms with Crippen molar-refractivity contribution in [1.29, 1.82) is 0 Å². The summed E-state index contributed by atoms with van der Waals surface area (Å²) in [6, 6.07) is 10.1. The Morgan fingerprint density at radius 1 is 1.44 bits per heavy atom. The van der Waals surface area contributed by atoms with Crippen LogP contribution in [0.25, 0.3) is 0 Å². The lowest BCUT2D eigenvalue weighted by molar-refractivity contribution is -0.152. The second kappa shape index (κ2) is 5.98. The number of ether oxygens (including phenoxy) is 1. The number of likely N-dealkylation sites (tertiary alicyclic amines) is 1. The molecule has 98 valence electrons. The van der Waals surface area contributed by atoms with E-state index in [1.165, 1.54) is 12.7 Å². The first kappa shape index (κ1) is 13.1. The number of piperidine rings is 1. The van der Waals surface area contributed by atoms with Gasteiger partial charge in [-0.25, -0.2) is 0 Å². The van der Waals surface area contributed by atoms with Gasteiger partial charge in [0.15, 0.2) is 0 Å². The standard InChI is InChI=1S/C14H19NO3/c1-18-14(17)12-10-15(8-7-13(12)16)9-11-5-3-2-4-6-11/h2-6,12-13,16H,7-10H2,1H3/t12-,13+/m0/s1. The summed E-state index contributed by atoms with van der Waals surface area (Å²) in [4.78, 5) is 13.8. The Kier molecular flexibility index (Phi) is 4.33. The van der Waals surface area contributed by atoms with Gasteiger partial charge >= 0.3 is 5.97 Å². The summed E-state index contributed by atoms with van der Waals surface area (Å²) in [5, 5.41) is 9.83. The van der Waals surface area contributed by atoms with E-state index in [1.807, 2.05) is 18.2 Å². The summed E-state index contributed by atoms with van der Waals surface area (Å²) in [6.45, 7) is 2.17. The fourth-order valence-electron chi connectivity index (χ4n) is 2.38. The predicted molar refractivity (Wildman–Crippen MR) is 67.8 cm³/mol. The van der Waals surface area contributed by atoms with Gasteiger partial charge in [-0.15, -0.1) is 0 Å². The van der Waals surface area contributed by atoms with E-state index in [2.05, 4.69) is 17.0 Å². The quantitative estimate of drug-likeness (QED) is 0.813. The van der Waals surface area contributed by atoms with Crippen molar-refractivity contribution in [3.63, 3.8) is 0 Å². The number of hydrogen-bond acceptors (Lipinski definition) is 4. The van der Waals surface area contributed by atoms with E-state index >= 15 is 0 Å². The molecule has 1 N–H and O–H groups in total. The van der Waals surface area contributed by atoms with E-state index in [4.69, 9.17) is 4.74 Å². The molecule has 1 aromatic carbocycles. The summed E-state index contributed by atoms with van der Waals surface area (Å²) in [7, 11) is 1.37. The summed E-state index contributed by atoms with van der Waals surface area (Å²) >= 11 is 0. The van der Waals surface area contributed by atoms with Gasteiger partial charge in [-0.1, -0.05) is 30.3 Å². The van der Waals surface area contributed by atoms with Crippen LogP contribution in [0, 0.1) is 5.92 Å². The Bertz CT molecular complexity index is 393. The largest absolute Gasteiger partial charge is 0.469 e. The first-order valence-electron chi connectivity index (χ1n) is 6.23. The number of nitrogens with zero attached hydrogens (tertiary/aromatic N) is 1. The maximum Gasteiger partial charge on any atom is 0.312 e. The SMILES string of the molecule is COC(=O)[C@H]1CN(Cc2ccccc2)CC[C@H]1O. The number of rotatable bonds is 3. The lowest BCUT2D eigenvalue weighted by Gasteiger charge is -2.34. The molecule has 2 rings (SSSR count). The number of esters is 1. The van der Waals surface area contributed by atoms with Gasteiger partial charge in [-0.05, 0) is 12.0 Å². The molecule has 0 radical (unpaired) electrons. The maximum atomic E-state index is 11.6. The molecule has 0 bridgehead atoms. The molecule has 0 aliphatic carbocycles. The second-order valence-corrected chi connectivity index (χ2v) is 4.71. The highest BCUT2D eigenvalue weighted by atomic mass is 16.5. The van der Waals surface area contributed by atoms with Gasteiger partial charge in [0.1, 0.15) is 0 Å². The lowest BCUT2D eigenvalue weighted by atomic mass is 9.94. The monoisotopic (exact) mass is 249 g/mol. The van der Waals surface area contributed by atoms with Crippen LogP contribution < -0.4 is 0 Å². The summed E-state index contributed by atoms with van der Waals surface area (Å²) in [6.07, 6.45) is 0.0385. The first-order chi connectivity index (χ1) is 8.70. The number of carbonyl (C=O) groups is 1. The zero-order chi connectivity index (χ0) is 13.0. The van der Waals surface area contributed by atoms with E-state index in [9.17, 15) is 9.90 Å². The van der Waals surface area contributed by atoms with Crippen molar-refractivity contribution in [2.75, 3.05) is 20.2 Å². The average molecular weight is 249 g/mol. The molecule has 18 heavy (non-hydrogen) atoms. The molecule has 1 saturated heterocycles. The van der Waals surface area contributed by atoms with Crippen molar-refractivity contribution >= 4 is 5.97 Å². The molecule has 1 fully saturated rings. The van der Waals surface area contributed by atoms with Gasteiger partial charge in [-0.2, -0.15) is 0 Å². The number of hydrogen-bond donors (Lipinski definition) is 1. The first-order valence-corrected chi connectivity index (χ1v) is 6.23. The predicted octanol–water partition coefficient (Wildman–Crippen LogP) is 1.04. The Morgan fingerprint density at radius 3 is 2.83 bits per heavy atom. The fourth-order valence-corrected chi connectivity index (χ4v) is 2.38. The third-order valence-corrected chi connectivity index (χ3v) is 3.41. The Labute approximate surface area is 107 Å². The second-order valence-electron chi connectivity index (χ2n) is 4.71. The molecule has 1 aromatic rings. The van der Waals surface area contributed by atoms with E-state index in [0.29, 0.717) is 13.0 Å².